The summed E-state index contributed by atoms with van der Waals surface area (Å²) in [6, 6.07) is 70.2. The molecule has 0 nitrogen and oxygen atoms in total. The standard InChI is InChI=1S/C46H51P3/c1-4-6-38-47(3,39-7-5-2)46(48(40-26-14-8-15-27-40,41-28-16-9-17-29-41)42-30-18-10-19-31-42)49(43-32-20-11-21-33-43,44-34-22-12-23-35-44)45-36-24-13-25-37-45/h8-37H,4-7,38-39H2,1-3H3/q+2. The van der Waals surface area contributed by atoms with Gasteiger partial charge in [0.15, 0.2) is 7.26 Å². The summed E-state index contributed by atoms with van der Waals surface area (Å²) >= 11 is 0. The van der Waals surface area contributed by atoms with Crippen LogP contribution in [0.5, 0.6) is 0 Å². The van der Waals surface area contributed by atoms with E-state index < -0.39 is 21.4 Å². The Morgan fingerprint density at radius 1 is 0.408 bits per heavy atom. The zero-order chi connectivity index (χ0) is 34.0. The second-order valence-corrected chi connectivity index (χ2v) is 25.1. The molecule has 0 N–H and O–H groups in total. The fraction of sp³-hybridized carbons (Fsp3) is 0.196. The molecule has 0 atom stereocenters. The van der Waals surface area contributed by atoms with E-state index in [1.54, 1.807) is 0 Å². The van der Waals surface area contributed by atoms with E-state index in [0.29, 0.717) is 0 Å². The van der Waals surface area contributed by atoms with Crippen molar-refractivity contribution >= 4 is 58.0 Å². The summed E-state index contributed by atoms with van der Waals surface area (Å²) in [7, 11) is -4.30. The summed E-state index contributed by atoms with van der Waals surface area (Å²) in [6.07, 6.45) is 7.43. The van der Waals surface area contributed by atoms with Crippen LogP contribution in [0.2, 0.25) is 0 Å². The Morgan fingerprint density at radius 3 is 0.939 bits per heavy atom. The summed E-state index contributed by atoms with van der Waals surface area (Å²) in [5, 5.41) is 8.80. The van der Waals surface area contributed by atoms with E-state index in [0.717, 1.165) is 0 Å². The lowest BCUT2D eigenvalue weighted by Crippen LogP contribution is -2.42. The van der Waals surface area contributed by atoms with Crippen LogP contribution in [0.4, 0.5) is 0 Å². The topological polar surface area (TPSA) is 0 Å². The largest absolute Gasteiger partial charge is 0.222 e. The molecule has 6 rings (SSSR count). The van der Waals surface area contributed by atoms with Crippen molar-refractivity contribution in [1.29, 1.82) is 0 Å². The summed E-state index contributed by atoms with van der Waals surface area (Å²) in [5.41, 5.74) is 0. The van der Waals surface area contributed by atoms with Crippen LogP contribution in [-0.2, 0) is 0 Å². The summed E-state index contributed by atoms with van der Waals surface area (Å²) < 4.78 is 1.86. The van der Waals surface area contributed by atoms with Crippen LogP contribution < -0.4 is 31.8 Å². The third-order valence-electron chi connectivity index (χ3n) is 9.95. The Morgan fingerprint density at radius 2 is 0.673 bits per heavy atom. The molecular weight excluding hydrogens is 645 g/mol. The molecule has 0 aromatic heterocycles. The van der Waals surface area contributed by atoms with Gasteiger partial charge in [-0.05, 0) is 65.2 Å². The molecule has 0 amide bonds. The lowest BCUT2D eigenvalue weighted by Gasteiger charge is -2.41. The van der Waals surface area contributed by atoms with Gasteiger partial charge >= 0.3 is 0 Å². The highest BCUT2D eigenvalue weighted by Gasteiger charge is 2.64. The molecule has 0 aliphatic rings. The summed E-state index contributed by atoms with van der Waals surface area (Å²) in [4.78, 5) is 0. The molecule has 0 saturated heterocycles. The van der Waals surface area contributed by atoms with E-state index >= 15 is 0 Å². The van der Waals surface area contributed by atoms with Crippen molar-refractivity contribution < 1.29 is 0 Å². The molecule has 0 radical (unpaired) electrons. The second kappa shape index (κ2) is 16.5. The van der Waals surface area contributed by atoms with Gasteiger partial charge in [-0.25, -0.2) is 0 Å². The molecule has 0 aliphatic carbocycles. The molecule has 0 fully saturated rings. The Kier molecular flexibility index (Phi) is 11.9. The minimum atomic E-state index is -2.47. The normalized spacial score (nSPS) is 12.1. The average Bonchev–Trinajstić information content (AvgIpc) is 3.19. The zero-order valence-corrected chi connectivity index (χ0v) is 32.1. The Labute approximate surface area is 297 Å². The predicted molar refractivity (Wildman–Crippen MR) is 228 cm³/mol. The van der Waals surface area contributed by atoms with E-state index in [4.69, 9.17) is 0 Å². The first-order valence-electron chi connectivity index (χ1n) is 18.0. The maximum Gasteiger partial charge on any atom is 0.222 e. The van der Waals surface area contributed by atoms with Crippen LogP contribution in [0.1, 0.15) is 39.5 Å². The highest BCUT2D eigenvalue weighted by Crippen LogP contribution is 2.80. The van der Waals surface area contributed by atoms with Crippen LogP contribution in [0.25, 0.3) is 0 Å². The molecule has 0 aliphatic heterocycles. The Balaban J connectivity index is 2.05. The van der Waals surface area contributed by atoms with Crippen LogP contribution in [-0.4, -0.2) is 23.8 Å². The van der Waals surface area contributed by atoms with Crippen molar-refractivity contribution in [3.8, 4) is 0 Å². The maximum absolute atomic E-state index is 2.78. The van der Waals surface area contributed by atoms with Gasteiger partial charge in [-0.1, -0.05) is 172 Å². The third-order valence-corrected chi connectivity index (χ3v) is 27.7. The fourth-order valence-corrected chi connectivity index (χ4v) is 30.3. The molecule has 0 saturated carbocycles. The quantitative estimate of drug-likeness (QED) is 0.0995. The van der Waals surface area contributed by atoms with Gasteiger partial charge in [0.1, 0.15) is 15.9 Å². The Bertz CT molecular complexity index is 1710. The van der Waals surface area contributed by atoms with Gasteiger partial charge in [0.05, 0.1) is 33.1 Å². The SMILES string of the molecule is CCCC[P+](C)(CCCC)C(=P(c1ccccc1)(c1ccccc1)c1ccccc1)[P+](c1ccccc1)(c1ccccc1)c1ccccc1. The van der Waals surface area contributed by atoms with E-state index in [-0.39, 0.29) is 0 Å². The number of benzene rings is 6. The van der Waals surface area contributed by atoms with Crippen LogP contribution in [0.3, 0.4) is 0 Å². The van der Waals surface area contributed by atoms with Gasteiger partial charge in [0.2, 0.25) is 4.78 Å². The highest BCUT2D eigenvalue weighted by molar-refractivity contribution is 8.35. The molecular formula is C46H51P3+2. The van der Waals surface area contributed by atoms with Crippen LogP contribution >= 0.6 is 21.4 Å². The van der Waals surface area contributed by atoms with Crippen LogP contribution in [0.15, 0.2) is 182 Å². The molecule has 6 aromatic rings. The smallest absolute Gasteiger partial charge is 0.0652 e. The van der Waals surface area contributed by atoms with E-state index in [2.05, 4.69) is 203 Å². The molecule has 0 unspecified atom stereocenters. The minimum absolute atomic E-state index is 1.20. The van der Waals surface area contributed by atoms with E-state index in [1.165, 1.54) is 69.8 Å². The average molecular weight is 697 g/mol. The summed E-state index contributed by atoms with van der Waals surface area (Å²) in [6.45, 7) is 5.07. The van der Waals surface area contributed by atoms with E-state index in [9.17, 15) is 0 Å². The highest BCUT2D eigenvalue weighted by atomic mass is 31.3. The van der Waals surface area contributed by atoms with Crippen molar-refractivity contribution in [3.05, 3.63) is 182 Å². The van der Waals surface area contributed by atoms with Gasteiger partial charge in [-0.2, -0.15) is 0 Å². The van der Waals surface area contributed by atoms with Gasteiger partial charge in [0, 0.05) is 0 Å². The maximum atomic E-state index is 2.78. The van der Waals surface area contributed by atoms with Crippen molar-refractivity contribution in [2.45, 2.75) is 39.5 Å². The van der Waals surface area contributed by atoms with Gasteiger partial charge in [-0.3, -0.25) is 0 Å². The number of hydrogen-bond donors (Lipinski definition) is 0. The lowest BCUT2D eigenvalue weighted by molar-refractivity contribution is 0.866. The molecule has 6 aromatic carbocycles. The zero-order valence-electron chi connectivity index (χ0n) is 29.4. The van der Waals surface area contributed by atoms with E-state index in [1.807, 2.05) is 4.78 Å². The monoisotopic (exact) mass is 696 g/mol. The first-order chi connectivity index (χ1) is 24.1. The molecule has 0 heterocycles. The first kappa shape index (κ1) is 35.3. The predicted octanol–water partition coefficient (Wildman–Crippen LogP) is 10.3. The number of unbranched alkanes of at least 4 members (excludes halogenated alkanes) is 2. The molecule has 49 heavy (non-hydrogen) atoms. The molecule has 0 spiro atoms. The number of hydrogen-bond acceptors (Lipinski definition) is 0. The van der Waals surface area contributed by atoms with Gasteiger partial charge < -0.3 is 0 Å². The molecule has 248 valence electrons. The van der Waals surface area contributed by atoms with Crippen molar-refractivity contribution in [3.63, 3.8) is 0 Å². The Hall–Kier alpha value is -3.52. The third kappa shape index (κ3) is 6.82. The fourth-order valence-electron chi connectivity index (χ4n) is 7.77. The van der Waals surface area contributed by atoms with Gasteiger partial charge in [0.25, 0.3) is 0 Å². The first-order valence-corrected chi connectivity index (χ1v) is 24.2. The molecule has 3 heteroatoms. The summed E-state index contributed by atoms with van der Waals surface area (Å²) in [5.74, 6) is 0. The minimum Gasteiger partial charge on any atom is -0.0652 e. The van der Waals surface area contributed by atoms with Crippen molar-refractivity contribution in [2.24, 2.45) is 0 Å². The number of rotatable bonds is 14. The second-order valence-electron chi connectivity index (χ2n) is 13.2. The molecule has 0 bridgehead atoms. The lowest BCUT2D eigenvalue weighted by atomic mass is 10.4. The van der Waals surface area contributed by atoms with Gasteiger partial charge in [-0.15, -0.1) is 0 Å². The van der Waals surface area contributed by atoms with Crippen molar-refractivity contribution in [1.82, 2.24) is 0 Å². The van der Waals surface area contributed by atoms with Crippen LogP contribution in [0, 0.1) is 0 Å². The van der Waals surface area contributed by atoms with Crippen molar-refractivity contribution in [2.75, 3.05) is 19.0 Å².